The quantitative estimate of drug-likeness (QED) is 0.183. The number of aliphatic hydroxyl groups excluding tert-OH is 1. The van der Waals surface area contributed by atoms with Gasteiger partial charge in [-0.3, -0.25) is 14.5 Å². The van der Waals surface area contributed by atoms with Gasteiger partial charge in [0.2, 0.25) is 11.8 Å². The van der Waals surface area contributed by atoms with Gasteiger partial charge in [-0.25, -0.2) is 9.59 Å². The molecule has 272 valence electrons. The Morgan fingerprint density at radius 3 is 1.96 bits per heavy atom. The molecule has 11 nitrogen and oxygen atoms in total. The number of likely N-dealkylation sites (N-methyl/N-ethyl adjacent to an activating group) is 1. The largest absolute Gasteiger partial charge is 0.445 e. The molecule has 0 aliphatic heterocycles. The molecule has 2 aromatic carbocycles. The molecule has 0 spiro atoms. The molecule has 0 radical (unpaired) electrons. The van der Waals surface area contributed by atoms with Gasteiger partial charge in [0, 0.05) is 19.1 Å². The average Bonchev–Trinajstić information content (AvgIpc) is 3.06. The zero-order chi connectivity index (χ0) is 36.7. The maximum absolute atomic E-state index is 14.0. The van der Waals surface area contributed by atoms with Crippen molar-refractivity contribution in [1.82, 2.24) is 25.8 Å². The molecule has 5 amide bonds. The standard InChI is InChI=1S/C38H59N5O6/c1-10-27(4)33(40-34(45)28(5)42(9)37(48)49-25-30-19-15-12-16-20-30)35(46)39-31(23-29-17-13-11-14-18-29)32(44)24-43(22-21-26(2)3)36(47)41-38(6,7)8/h11-20,26-28,31-33,44H,10,21-25H2,1-9H3,(H,39,46)(H,40,45)(H,41,47)/t27-,28+,31-,32+,33-/m0/s1. The fourth-order valence-corrected chi connectivity index (χ4v) is 5.00. The van der Waals surface area contributed by atoms with Gasteiger partial charge in [-0.15, -0.1) is 0 Å². The summed E-state index contributed by atoms with van der Waals surface area (Å²) < 4.78 is 5.39. The first-order valence-electron chi connectivity index (χ1n) is 17.4. The van der Waals surface area contributed by atoms with Crippen molar-refractivity contribution in [2.45, 2.75) is 111 Å². The van der Waals surface area contributed by atoms with E-state index in [0.717, 1.165) is 17.5 Å². The van der Waals surface area contributed by atoms with Gasteiger partial charge in [-0.2, -0.15) is 0 Å². The van der Waals surface area contributed by atoms with Crippen molar-refractivity contribution >= 4 is 23.9 Å². The molecule has 2 rings (SSSR count). The summed E-state index contributed by atoms with van der Waals surface area (Å²) in [5.74, 6) is -0.898. The van der Waals surface area contributed by atoms with Crippen LogP contribution < -0.4 is 16.0 Å². The maximum atomic E-state index is 14.0. The van der Waals surface area contributed by atoms with Crippen LogP contribution in [0.2, 0.25) is 0 Å². The van der Waals surface area contributed by atoms with Gasteiger partial charge in [-0.05, 0) is 63.5 Å². The molecular formula is C38H59N5O6. The monoisotopic (exact) mass is 681 g/mol. The summed E-state index contributed by atoms with van der Waals surface area (Å²) in [6, 6.07) is 15.8. The Hall–Kier alpha value is -4.12. The summed E-state index contributed by atoms with van der Waals surface area (Å²) in [5.41, 5.74) is 1.24. The number of hydrogen-bond acceptors (Lipinski definition) is 6. The third kappa shape index (κ3) is 14.5. The number of ether oxygens (including phenoxy) is 1. The van der Waals surface area contributed by atoms with E-state index in [-0.39, 0.29) is 25.1 Å². The summed E-state index contributed by atoms with van der Waals surface area (Å²) in [4.78, 5) is 56.2. The SMILES string of the molecule is CC[C@H](C)[C@H](NC(=O)[C@@H](C)N(C)C(=O)OCc1ccccc1)C(=O)N[C@@H](Cc1ccccc1)[C@H](O)CN(CCC(C)C)C(=O)NC(C)(C)C. The van der Waals surface area contributed by atoms with Crippen LogP contribution in [0.15, 0.2) is 60.7 Å². The third-order valence-corrected chi connectivity index (χ3v) is 8.49. The number of hydrogen-bond donors (Lipinski definition) is 4. The van der Waals surface area contributed by atoms with Crippen LogP contribution in [0, 0.1) is 11.8 Å². The number of rotatable bonds is 17. The third-order valence-electron chi connectivity index (χ3n) is 8.49. The highest BCUT2D eigenvalue weighted by atomic mass is 16.6. The molecule has 0 aliphatic rings. The summed E-state index contributed by atoms with van der Waals surface area (Å²) >= 11 is 0. The smallest absolute Gasteiger partial charge is 0.410 e. The second kappa shape index (κ2) is 19.8. The molecule has 0 saturated heterocycles. The van der Waals surface area contributed by atoms with E-state index in [9.17, 15) is 24.3 Å². The van der Waals surface area contributed by atoms with Crippen LogP contribution in [-0.4, -0.2) is 88.8 Å². The number of carbonyl (C=O) groups excluding carboxylic acids is 4. The van der Waals surface area contributed by atoms with E-state index in [1.54, 1.807) is 11.8 Å². The molecule has 49 heavy (non-hydrogen) atoms. The van der Waals surface area contributed by atoms with Gasteiger partial charge < -0.3 is 30.7 Å². The van der Waals surface area contributed by atoms with Crippen molar-refractivity contribution in [3.8, 4) is 0 Å². The van der Waals surface area contributed by atoms with Crippen molar-refractivity contribution in [2.75, 3.05) is 20.1 Å². The van der Waals surface area contributed by atoms with Crippen molar-refractivity contribution in [2.24, 2.45) is 11.8 Å². The van der Waals surface area contributed by atoms with Crippen LogP contribution in [0.4, 0.5) is 9.59 Å². The summed E-state index contributed by atoms with van der Waals surface area (Å²) in [6.45, 7) is 15.7. The van der Waals surface area contributed by atoms with Crippen LogP contribution in [0.5, 0.6) is 0 Å². The Bertz CT molecular complexity index is 1320. The predicted molar refractivity (Wildman–Crippen MR) is 193 cm³/mol. The van der Waals surface area contributed by atoms with Gasteiger partial charge in [0.15, 0.2) is 0 Å². The first kappa shape index (κ1) is 41.1. The van der Waals surface area contributed by atoms with E-state index in [2.05, 4.69) is 29.8 Å². The Morgan fingerprint density at radius 1 is 0.857 bits per heavy atom. The second-order valence-electron chi connectivity index (χ2n) is 14.4. The van der Waals surface area contributed by atoms with E-state index >= 15 is 0 Å². The maximum Gasteiger partial charge on any atom is 0.410 e. The van der Waals surface area contributed by atoms with Crippen molar-refractivity contribution < 1.29 is 29.0 Å². The second-order valence-corrected chi connectivity index (χ2v) is 14.4. The minimum Gasteiger partial charge on any atom is -0.445 e. The topological polar surface area (TPSA) is 140 Å². The molecule has 0 fully saturated rings. The normalized spacial score (nSPS) is 14.5. The van der Waals surface area contributed by atoms with E-state index in [4.69, 9.17) is 4.74 Å². The van der Waals surface area contributed by atoms with E-state index in [0.29, 0.717) is 25.3 Å². The van der Waals surface area contributed by atoms with E-state index < -0.39 is 47.7 Å². The number of nitrogens with one attached hydrogen (secondary N) is 3. The Balaban J connectivity index is 2.24. The van der Waals surface area contributed by atoms with Crippen molar-refractivity contribution in [3.05, 3.63) is 71.8 Å². The zero-order valence-corrected chi connectivity index (χ0v) is 30.9. The molecule has 4 N–H and O–H groups in total. The molecule has 2 aromatic rings. The summed E-state index contributed by atoms with van der Waals surface area (Å²) in [7, 11) is 1.48. The predicted octanol–water partition coefficient (Wildman–Crippen LogP) is 5.12. The van der Waals surface area contributed by atoms with Crippen LogP contribution in [0.1, 0.15) is 79.4 Å². The van der Waals surface area contributed by atoms with Crippen molar-refractivity contribution in [3.63, 3.8) is 0 Å². The van der Waals surface area contributed by atoms with E-state index in [1.807, 2.05) is 95.3 Å². The highest BCUT2D eigenvalue weighted by Crippen LogP contribution is 2.15. The molecule has 11 heteroatoms. The van der Waals surface area contributed by atoms with Crippen LogP contribution in [0.3, 0.4) is 0 Å². The fraction of sp³-hybridized carbons (Fsp3) is 0.579. The Labute approximate surface area is 293 Å². The van der Waals surface area contributed by atoms with Gasteiger partial charge in [-0.1, -0.05) is 94.8 Å². The Morgan fingerprint density at radius 2 is 1.43 bits per heavy atom. The molecule has 0 saturated carbocycles. The summed E-state index contributed by atoms with van der Waals surface area (Å²) in [6.07, 6.45) is -0.141. The molecule has 0 bridgehead atoms. The lowest BCUT2D eigenvalue weighted by atomic mass is 9.95. The highest BCUT2D eigenvalue weighted by molar-refractivity contribution is 5.91. The number of urea groups is 1. The van der Waals surface area contributed by atoms with Gasteiger partial charge in [0.05, 0.1) is 18.7 Å². The van der Waals surface area contributed by atoms with Crippen LogP contribution in [-0.2, 0) is 27.4 Å². The molecule has 0 unspecified atom stereocenters. The number of aliphatic hydroxyl groups is 1. The van der Waals surface area contributed by atoms with Crippen LogP contribution in [0.25, 0.3) is 0 Å². The minimum atomic E-state index is -1.11. The summed E-state index contributed by atoms with van der Waals surface area (Å²) in [5, 5.41) is 20.5. The lowest BCUT2D eigenvalue weighted by molar-refractivity contribution is -0.133. The molecular weight excluding hydrogens is 622 g/mol. The number of carbonyl (C=O) groups is 4. The molecule has 0 aliphatic carbocycles. The van der Waals surface area contributed by atoms with E-state index in [1.165, 1.54) is 11.9 Å². The van der Waals surface area contributed by atoms with Gasteiger partial charge >= 0.3 is 12.1 Å². The van der Waals surface area contributed by atoms with Gasteiger partial charge in [0.25, 0.3) is 0 Å². The number of amides is 5. The lowest BCUT2D eigenvalue weighted by Crippen LogP contribution is -2.59. The molecule has 0 heterocycles. The highest BCUT2D eigenvalue weighted by Gasteiger charge is 2.34. The number of nitrogens with zero attached hydrogens (tertiary/aromatic N) is 2. The Kier molecular flexibility index (Phi) is 16.6. The first-order valence-corrected chi connectivity index (χ1v) is 17.4. The molecule has 5 atom stereocenters. The minimum absolute atomic E-state index is 0.000305. The average molecular weight is 682 g/mol. The lowest BCUT2D eigenvalue weighted by Gasteiger charge is -2.34. The van der Waals surface area contributed by atoms with Crippen molar-refractivity contribution in [1.29, 1.82) is 0 Å². The zero-order valence-electron chi connectivity index (χ0n) is 30.9. The van der Waals surface area contributed by atoms with Gasteiger partial charge in [0.1, 0.15) is 18.7 Å². The first-order chi connectivity index (χ1) is 23.0. The number of benzene rings is 2. The van der Waals surface area contributed by atoms with Crippen LogP contribution >= 0.6 is 0 Å². The fourth-order valence-electron chi connectivity index (χ4n) is 5.00. The molecule has 0 aromatic heterocycles.